The Hall–Kier alpha value is -3.76. The summed E-state index contributed by atoms with van der Waals surface area (Å²) >= 11 is 0. The Kier molecular flexibility index (Phi) is 6.90. The Labute approximate surface area is 197 Å². The average Bonchev–Trinajstić information content (AvgIpc) is 2.88. The second kappa shape index (κ2) is 10.0. The molecule has 0 spiro atoms. The third-order valence-corrected chi connectivity index (χ3v) is 7.51. The summed E-state index contributed by atoms with van der Waals surface area (Å²) in [6, 6.07) is 22.0. The summed E-state index contributed by atoms with van der Waals surface area (Å²) in [5.41, 5.74) is 1.69. The first-order chi connectivity index (χ1) is 16.4. The van der Waals surface area contributed by atoms with Gasteiger partial charge in [-0.15, -0.1) is 0 Å². The molecular formula is C24H23N3O6S. The van der Waals surface area contributed by atoms with Gasteiger partial charge in [0.25, 0.3) is 11.6 Å². The van der Waals surface area contributed by atoms with Crippen molar-refractivity contribution in [3.63, 3.8) is 0 Å². The Balaban J connectivity index is 1.35. The molecule has 0 N–H and O–H groups in total. The topological polar surface area (TPSA) is 110 Å². The van der Waals surface area contributed by atoms with E-state index in [1.54, 1.807) is 4.90 Å². The van der Waals surface area contributed by atoms with Crippen LogP contribution in [0.1, 0.15) is 0 Å². The van der Waals surface area contributed by atoms with Gasteiger partial charge in [-0.1, -0.05) is 48.5 Å². The molecular weight excluding hydrogens is 458 g/mol. The molecule has 9 nitrogen and oxygen atoms in total. The lowest BCUT2D eigenvalue weighted by atomic mass is 10.1. The number of ether oxygens (including phenoxy) is 1. The van der Waals surface area contributed by atoms with Crippen molar-refractivity contribution in [1.82, 2.24) is 9.21 Å². The smallest absolute Gasteiger partial charge is 0.269 e. The van der Waals surface area contributed by atoms with E-state index in [1.807, 2.05) is 54.6 Å². The quantitative estimate of drug-likeness (QED) is 0.379. The highest BCUT2D eigenvalue weighted by molar-refractivity contribution is 7.89. The number of nitro benzene ring substituents is 1. The number of para-hydroxylation sites is 1. The van der Waals surface area contributed by atoms with E-state index < -0.39 is 14.9 Å². The Morgan fingerprint density at radius 1 is 0.882 bits per heavy atom. The molecule has 1 saturated heterocycles. The standard InChI is InChI=1S/C24H23N3O6S/c28-24(18-33-23-9-5-4-8-22(23)19-6-2-1-3-7-19)25-14-16-26(17-15-25)34(31,32)21-12-10-20(11-13-21)27(29)30/h1-13H,14-18H2. The van der Waals surface area contributed by atoms with Gasteiger partial charge in [0.05, 0.1) is 9.82 Å². The van der Waals surface area contributed by atoms with Crippen LogP contribution in [-0.2, 0) is 14.8 Å². The zero-order valence-electron chi connectivity index (χ0n) is 18.2. The number of carbonyl (C=O) groups is 1. The van der Waals surface area contributed by atoms with Gasteiger partial charge in [0, 0.05) is 43.9 Å². The first kappa shape index (κ1) is 23.4. The molecule has 3 aromatic carbocycles. The summed E-state index contributed by atoms with van der Waals surface area (Å²) < 4.78 is 32.8. The van der Waals surface area contributed by atoms with E-state index in [2.05, 4.69) is 0 Å². The summed E-state index contributed by atoms with van der Waals surface area (Å²) in [5, 5.41) is 10.8. The van der Waals surface area contributed by atoms with Gasteiger partial charge in [0.15, 0.2) is 6.61 Å². The van der Waals surface area contributed by atoms with E-state index in [0.29, 0.717) is 5.75 Å². The molecule has 10 heteroatoms. The van der Waals surface area contributed by atoms with Crippen molar-refractivity contribution in [3.8, 4) is 16.9 Å². The van der Waals surface area contributed by atoms with E-state index in [9.17, 15) is 23.3 Å². The first-order valence-corrected chi connectivity index (χ1v) is 12.1. The zero-order valence-corrected chi connectivity index (χ0v) is 19.1. The Bertz CT molecular complexity index is 1270. The van der Waals surface area contributed by atoms with Crippen molar-refractivity contribution < 1.29 is 22.9 Å². The van der Waals surface area contributed by atoms with Crippen LogP contribution in [0.4, 0.5) is 5.69 Å². The van der Waals surface area contributed by atoms with Crippen LogP contribution in [0, 0.1) is 10.1 Å². The molecule has 3 aromatic rings. The molecule has 176 valence electrons. The number of nitrogens with zero attached hydrogens (tertiary/aromatic N) is 3. The van der Waals surface area contributed by atoms with E-state index in [0.717, 1.165) is 23.3 Å². The number of piperazine rings is 1. The molecule has 0 bridgehead atoms. The van der Waals surface area contributed by atoms with Gasteiger partial charge < -0.3 is 9.64 Å². The molecule has 1 aliphatic heterocycles. The molecule has 1 heterocycles. The highest BCUT2D eigenvalue weighted by Crippen LogP contribution is 2.29. The minimum absolute atomic E-state index is 0.0151. The van der Waals surface area contributed by atoms with Gasteiger partial charge >= 0.3 is 0 Å². The van der Waals surface area contributed by atoms with Crippen LogP contribution in [0.5, 0.6) is 5.75 Å². The molecule has 0 aromatic heterocycles. The van der Waals surface area contributed by atoms with E-state index in [-0.39, 0.29) is 49.3 Å². The molecule has 1 fully saturated rings. The van der Waals surface area contributed by atoms with Crippen molar-refractivity contribution in [2.45, 2.75) is 4.90 Å². The number of carbonyl (C=O) groups excluding carboxylic acids is 1. The monoisotopic (exact) mass is 481 g/mol. The van der Waals surface area contributed by atoms with Crippen LogP contribution in [0.2, 0.25) is 0 Å². The third-order valence-electron chi connectivity index (χ3n) is 5.60. The molecule has 0 atom stereocenters. The number of rotatable bonds is 7. The summed E-state index contributed by atoms with van der Waals surface area (Å²) in [7, 11) is -3.80. The van der Waals surface area contributed by atoms with Crippen molar-refractivity contribution >= 4 is 21.6 Å². The van der Waals surface area contributed by atoms with Gasteiger partial charge in [-0.05, 0) is 23.8 Å². The molecule has 0 saturated carbocycles. The van der Waals surface area contributed by atoms with Gasteiger partial charge in [-0.3, -0.25) is 14.9 Å². The van der Waals surface area contributed by atoms with Crippen LogP contribution in [0.15, 0.2) is 83.8 Å². The number of hydrogen-bond acceptors (Lipinski definition) is 6. The lowest BCUT2D eigenvalue weighted by Crippen LogP contribution is -2.51. The number of nitro groups is 1. The summed E-state index contributed by atoms with van der Waals surface area (Å²) in [4.78, 5) is 24.5. The third kappa shape index (κ3) is 5.08. The van der Waals surface area contributed by atoms with Gasteiger partial charge in [0.2, 0.25) is 10.0 Å². The highest BCUT2D eigenvalue weighted by Gasteiger charge is 2.30. The van der Waals surface area contributed by atoms with Crippen molar-refractivity contribution in [2.24, 2.45) is 0 Å². The molecule has 1 aliphatic rings. The number of amides is 1. The molecule has 4 rings (SSSR count). The maximum Gasteiger partial charge on any atom is 0.269 e. The summed E-state index contributed by atoms with van der Waals surface area (Å²) in [6.07, 6.45) is 0. The van der Waals surface area contributed by atoms with E-state index in [4.69, 9.17) is 4.74 Å². The predicted molar refractivity (Wildman–Crippen MR) is 126 cm³/mol. The number of hydrogen-bond donors (Lipinski definition) is 0. The molecule has 34 heavy (non-hydrogen) atoms. The second-order valence-corrected chi connectivity index (χ2v) is 9.62. The maximum absolute atomic E-state index is 12.9. The number of benzene rings is 3. The van der Waals surface area contributed by atoms with Crippen molar-refractivity contribution in [1.29, 1.82) is 0 Å². The normalized spacial score (nSPS) is 14.5. The Morgan fingerprint density at radius 3 is 2.15 bits per heavy atom. The summed E-state index contributed by atoms with van der Waals surface area (Å²) in [5.74, 6) is 0.372. The number of non-ortho nitro benzene ring substituents is 1. The van der Waals surface area contributed by atoms with E-state index >= 15 is 0 Å². The molecule has 0 radical (unpaired) electrons. The number of sulfonamides is 1. The predicted octanol–water partition coefficient (Wildman–Crippen LogP) is 3.17. The average molecular weight is 482 g/mol. The highest BCUT2D eigenvalue weighted by atomic mass is 32.2. The van der Waals surface area contributed by atoms with Gasteiger partial charge in [0.1, 0.15) is 5.75 Å². The zero-order chi connectivity index (χ0) is 24.1. The molecule has 0 aliphatic carbocycles. The minimum atomic E-state index is -3.80. The fourth-order valence-electron chi connectivity index (χ4n) is 3.75. The van der Waals surface area contributed by atoms with E-state index in [1.165, 1.54) is 16.4 Å². The largest absolute Gasteiger partial charge is 0.483 e. The van der Waals surface area contributed by atoms with Gasteiger partial charge in [-0.2, -0.15) is 4.31 Å². The fourth-order valence-corrected chi connectivity index (χ4v) is 5.17. The van der Waals surface area contributed by atoms with Crippen molar-refractivity contribution in [2.75, 3.05) is 32.8 Å². The summed E-state index contributed by atoms with van der Waals surface area (Å²) in [6.45, 7) is 0.569. The van der Waals surface area contributed by atoms with Crippen LogP contribution < -0.4 is 4.74 Å². The second-order valence-electron chi connectivity index (χ2n) is 7.69. The van der Waals surface area contributed by atoms with Crippen molar-refractivity contribution in [3.05, 3.63) is 89.0 Å². The van der Waals surface area contributed by atoms with Crippen LogP contribution >= 0.6 is 0 Å². The lowest BCUT2D eigenvalue weighted by molar-refractivity contribution is -0.384. The lowest BCUT2D eigenvalue weighted by Gasteiger charge is -2.34. The molecule has 1 amide bonds. The Morgan fingerprint density at radius 2 is 1.50 bits per heavy atom. The van der Waals surface area contributed by atoms with Crippen LogP contribution in [0.25, 0.3) is 11.1 Å². The fraction of sp³-hybridized carbons (Fsp3) is 0.208. The van der Waals surface area contributed by atoms with Gasteiger partial charge in [-0.25, -0.2) is 8.42 Å². The van der Waals surface area contributed by atoms with Crippen LogP contribution in [0.3, 0.4) is 0 Å². The minimum Gasteiger partial charge on any atom is -0.483 e. The van der Waals surface area contributed by atoms with Crippen LogP contribution in [-0.4, -0.2) is 61.2 Å². The maximum atomic E-state index is 12.9. The molecule has 0 unspecified atom stereocenters. The first-order valence-electron chi connectivity index (χ1n) is 10.7. The SMILES string of the molecule is O=C(COc1ccccc1-c1ccccc1)N1CCN(S(=O)(=O)c2ccc([N+](=O)[O-])cc2)CC1.